The molecule has 1 aliphatic rings. The highest BCUT2D eigenvalue weighted by Crippen LogP contribution is 2.25. The van der Waals surface area contributed by atoms with E-state index in [9.17, 15) is 9.59 Å². The topological polar surface area (TPSA) is 75.6 Å². The summed E-state index contributed by atoms with van der Waals surface area (Å²) in [6, 6.07) is 6.00. The molecule has 0 heterocycles. The van der Waals surface area contributed by atoms with Gasteiger partial charge in [-0.05, 0) is 55.4 Å². The van der Waals surface area contributed by atoms with Gasteiger partial charge in [0, 0.05) is 13.0 Å². The molecule has 114 valence electrons. The summed E-state index contributed by atoms with van der Waals surface area (Å²) in [6.07, 6.45) is 5.14. The van der Waals surface area contributed by atoms with Crippen molar-refractivity contribution in [2.45, 2.75) is 38.5 Å². The molecule has 0 saturated carbocycles. The summed E-state index contributed by atoms with van der Waals surface area (Å²) in [6.45, 7) is 0.324. The number of hydrogen-bond donors (Lipinski definition) is 2. The summed E-state index contributed by atoms with van der Waals surface area (Å²) in [5.74, 6) is -0.357. The first-order valence-electron chi connectivity index (χ1n) is 7.38. The standard InChI is InChI=1S/C16H21NO4/c18-15(17-9-3-6-16(19)20)11-21-14-8-7-12-4-1-2-5-13(12)10-14/h7-8,10H,1-6,9,11H2,(H,17,18)(H,19,20). The Morgan fingerprint density at radius 2 is 1.95 bits per heavy atom. The van der Waals surface area contributed by atoms with E-state index in [4.69, 9.17) is 9.84 Å². The van der Waals surface area contributed by atoms with Crippen LogP contribution in [0.25, 0.3) is 0 Å². The van der Waals surface area contributed by atoms with Crippen molar-refractivity contribution in [1.29, 1.82) is 0 Å². The maximum absolute atomic E-state index is 11.6. The average molecular weight is 291 g/mol. The zero-order valence-electron chi connectivity index (χ0n) is 12.1. The number of aliphatic carboxylic acids is 1. The maximum atomic E-state index is 11.6. The van der Waals surface area contributed by atoms with Gasteiger partial charge < -0.3 is 15.2 Å². The maximum Gasteiger partial charge on any atom is 0.303 e. The van der Waals surface area contributed by atoms with Crippen LogP contribution in [0.3, 0.4) is 0 Å². The smallest absolute Gasteiger partial charge is 0.303 e. The van der Waals surface area contributed by atoms with Crippen LogP contribution in [-0.2, 0) is 22.4 Å². The molecule has 21 heavy (non-hydrogen) atoms. The van der Waals surface area contributed by atoms with Gasteiger partial charge in [0.05, 0.1) is 0 Å². The van der Waals surface area contributed by atoms with Crippen LogP contribution in [0.2, 0.25) is 0 Å². The lowest BCUT2D eigenvalue weighted by Gasteiger charge is -2.16. The number of carboxylic acids is 1. The first kappa shape index (κ1) is 15.4. The summed E-state index contributed by atoms with van der Waals surface area (Å²) in [4.78, 5) is 21.9. The van der Waals surface area contributed by atoms with Crippen LogP contribution in [0.1, 0.15) is 36.8 Å². The van der Waals surface area contributed by atoms with E-state index >= 15 is 0 Å². The van der Waals surface area contributed by atoms with Crippen molar-refractivity contribution >= 4 is 11.9 Å². The van der Waals surface area contributed by atoms with Crippen LogP contribution in [0.5, 0.6) is 5.75 Å². The molecule has 0 aliphatic heterocycles. The number of nitrogens with one attached hydrogen (secondary N) is 1. The Hall–Kier alpha value is -2.04. The number of amides is 1. The van der Waals surface area contributed by atoms with Crippen molar-refractivity contribution in [3.8, 4) is 5.75 Å². The largest absolute Gasteiger partial charge is 0.484 e. The van der Waals surface area contributed by atoms with Crippen molar-refractivity contribution in [3.05, 3.63) is 29.3 Å². The third-order valence-corrected chi connectivity index (χ3v) is 3.58. The molecule has 2 rings (SSSR count). The van der Waals surface area contributed by atoms with Crippen molar-refractivity contribution in [3.63, 3.8) is 0 Å². The van der Waals surface area contributed by atoms with Crippen LogP contribution >= 0.6 is 0 Å². The molecular formula is C16H21NO4. The Kier molecular flexibility index (Phi) is 5.60. The number of fused-ring (bicyclic) bond motifs is 1. The Labute approximate surface area is 124 Å². The predicted octanol–water partition coefficient (Wildman–Crippen LogP) is 1.93. The van der Waals surface area contributed by atoms with E-state index in [0.717, 1.165) is 18.6 Å². The molecule has 0 unspecified atom stereocenters. The minimum absolute atomic E-state index is 0.0359. The van der Waals surface area contributed by atoms with E-state index in [1.54, 1.807) is 0 Å². The number of benzene rings is 1. The summed E-state index contributed by atoms with van der Waals surface area (Å²) in [5, 5.41) is 11.1. The number of carbonyl (C=O) groups is 2. The first-order chi connectivity index (χ1) is 10.1. The molecule has 0 aromatic heterocycles. The lowest BCUT2D eigenvalue weighted by Crippen LogP contribution is -2.30. The fourth-order valence-corrected chi connectivity index (χ4v) is 2.47. The lowest BCUT2D eigenvalue weighted by molar-refractivity contribution is -0.137. The molecule has 0 radical (unpaired) electrons. The molecule has 0 bridgehead atoms. The van der Waals surface area contributed by atoms with Crippen molar-refractivity contribution in [1.82, 2.24) is 5.32 Å². The van der Waals surface area contributed by atoms with Gasteiger partial charge in [-0.3, -0.25) is 9.59 Å². The number of carboxylic acid groups (broad SMARTS) is 1. The Morgan fingerprint density at radius 1 is 1.19 bits per heavy atom. The van der Waals surface area contributed by atoms with Crippen molar-refractivity contribution in [2.24, 2.45) is 0 Å². The minimum Gasteiger partial charge on any atom is -0.484 e. The van der Waals surface area contributed by atoms with Crippen LogP contribution < -0.4 is 10.1 Å². The molecule has 0 spiro atoms. The van der Waals surface area contributed by atoms with Gasteiger partial charge in [0.1, 0.15) is 5.75 Å². The number of carbonyl (C=O) groups excluding carboxylic acids is 1. The monoisotopic (exact) mass is 291 g/mol. The third-order valence-electron chi connectivity index (χ3n) is 3.58. The summed E-state index contributed by atoms with van der Waals surface area (Å²) < 4.78 is 5.48. The molecule has 0 atom stereocenters. The van der Waals surface area contributed by atoms with Crippen LogP contribution in [0.15, 0.2) is 18.2 Å². The minimum atomic E-state index is -0.852. The van der Waals surface area contributed by atoms with Crippen molar-refractivity contribution in [2.75, 3.05) is 13.2 Å². The second kappa shape index (κ2) is 7.67. The third kappa shape index (κ3) is 5.10. The molecule has 1 amide bonds. The number of hydrogen-bond acceptors (Lipinski definition) is 3. The fourth-order valence-electron chi connectivity index (χ4n) is 2.47. The quantitative estimate of drug-likeness (QED) is 0.753. The summed E-state index contributed by atoms with van der Waals surface area (Å²) in [7, 11) is 0. The zero-order valence-corrected chi connectivity index (χ0v) is 12.1. The predicted molar refractivity (Wildman–Crippen MR) is 78.5 cm³/mol. The SMILES string of the molecule is O=C(O)CCCNC(=O)COc1ccc2c(c1)CCCC2. The van der Waals surface area contributed by atoms with Gasteiger partial charge in [-0.15, -0.1) is 0 Å². The second-order valence-corrected chi connectivity index (χ2v) is 5.27. The summed E-state index contributed by atoms with van der Waals surface area (Å²) in [5.41, 5.74) is 2.70. The van der Waals surface area contributed by atoms with E-state index in [1.807, 2.05) is 12.1 Å². The Bertz CT molecular complexity index is 513. The van der Waals surface area contributed by atoms with Gasteiger partial charge in [0.15, 0.2) is 6.61 Å². The van der Waals surface area contributed by atoms with Crippen LogP contribution in [0, 0.1) is 0 Å². The molecule has 1 aromatic rings. The number of rotatable bonds is 7. The van der Waals surface area contributed by atoms with Gasteiger partial charge in [-0.25, -0.2) is 0 Å². The van der Waals surface area contributed by atoms with E-state index in [0.29, 0.717) is 13.0 Å². The second-order valence-electron chi connectivity index (χ2n) is 5.27. The molecule has 5 heteroatoms. The molecule has 2 N–H and O–H groups in total. The van der Waals surface area contributed by atoms with E-state index in [-0.39, 0.29) is 18.9 Å². The van der Waals surface area contributed by atoms with E-state index < -0.39 is 5.97 Å². The van der Waals surface area contributed by atoms with Gasteiger partial charge in [-0.1, -0.05) is 6.07 Å². The van der Waals surface area contributed by atoms with Crippen LogP contribution in [0.4, 0.5) is 0 Å². The normalized spacial score (nSPS) is 13.3. The number of aryl methyl sites for hydroxylation is 2. The van der Waals surface area contributed by atoms with Gasteiger partial charge in [0.2, 0.25) is 0 Å². The van der Waals surface area contributed by atoms with Gasteiger partial charge in [0.25, 0.3) is 5.91 Å². The molecular weight excluding hydrogens is 270 g/mol. The van der Waals surface area contributed by atoms with Gasteiger partial charge in [-0.2, -0.15) is 0 Å². The Balaban J connectivity index is 1.72. The molecule has 1 aliphatic carbocycles. The Morgan fingerprint density at radius 3 is 2.71 bits per heavy atom. The number of ether oxygens (including phenoxy) is 1. The van der Waals surface area contributed by atoms with E-state index in [2.05, 4.69) is 11.4 Å². The van der Waals surface area contributed by atoms with E-state index in [1.165, 1.54) is 24.0 Å². The first-order valence-corrected chi connectivity index (χ1v) is 7.38. The van der Waals surface area contributed by atoms with Crippen LogP contribution in [-0.4, -0.2) is 30.1 Å². The van der Waals surface area contributed by atoms with Gasteiger partial charge >= 0.3 is 5.97 Å². The summed E-state index contributed by atoms with van der Waals surface area (Å²) >= 11 is 0. The highest BCUT2D eigenvalue weighted by Gasteiger charge is 2.10. The highest BCUT2D eigenvalue weighted by atomic mass is 16.5. The molecule has 0 fully saturated rings. The molecule has 0 saturated heterocycles. The zero-order chi connectivity index (χ0) is 15.1. The lowest BCUT2D eigenvalue weighted by atomic mass is 9.92. The average Bonchev–Trinajstić information content (AvgIpc) is 2.49. The highest BCUT2D eigenvalue weighted by molar-refractivity contribution is 5.77. The molecule has 5 nitrogen and oxygen atoms in total. The molecule has 1 aromatic carbocycles. The fraction of sp³-hybridized carbons (Fsp3) is 0.500. The van der Waals surface area contributed by atoms with Crippen molar-refractivity contribution < 1.29 is 19.4 Å².